The van der Waals surface area contributed by atoms with Gasteiger partial charge < -0.3 is 15.1 Å². The van der Waals surface area contributed by atoms with E-state index < -0.39 is 5.91 Å². The van der Waals surface area contributed by atoms with Crippen LogP contribution in [0.25, 0.3) is 17.2 Å². The van der Waals surface area contributed by atoms with E-state index in [9.17, 15) is 9.59 Å². The number of benzene rings is 2. The first-order chi connectivity index (χ1) is 18.9. The van der Waals surface area contributed by atoms with Gasteiger partial charge in [-0.25, -0.2) is 10.8 Å². The summed E-state index contributed by atoms with van der Waals surface area (Å²) < 4.78 is 1.65. The van der Waals surface area contributed by atoms with Crippen LogP contribution in [-0.4, -0.2) is 48.6 Å². The predicted octanol–water partition coefficient (Wildman–Crippen LogP) is 2.30. The largest absolute Gasteiger partial charge is 0.369 e. The number of fused-ring (bicyclic) bond motifs is 1. The molecule has 10 heteroatoms. The minimum Gasteiger partial charge on any atom is -0.369 e. The molecule has 1 aromatic heterocycles. The highest BCUT2D eigenvalue weighted by Gasteiger charge is 2.16. The molecule has 2 aliphatic rings. The normalized spacial score (nSPS) is 15.4. The first-order valence-corrected chi connectivity index (χ1v) is 13.4. The number of aromatic nitrogens is 1. The molecule has 202 valence electrons. The first kappa shape index (κ1) is 26.7. The van der Waals surface area contributed by atoms with Crippen LogP contribution in [0.3, 0.4) is 0 Å². The number of nitrogen functional groups attached to an aromatic ring is 1. The molecule has 0 unspecified atom stereocenters. The Balaban J connectivity index is 1.45. The monoisotopic (exact) mass is 545 g/mol. The van der Waals surface area contributed by atoms with E-state index in [4.69, 9.17) is 22.4 Å². The van der Waals surface area contributed by atoms with Gasteiger partial charge in [0.25, 0.3) is 11.5 Å². The number of pyridine rings is 1. The topological polar surface area (TPSA) is 108 Å². The highest BCUT2D eigenvalue weighted by atomic mass is 35.5. The Bertz CT molecular complexity index is 1600. The maximum Gasteiger partial charge on any atom is 0.265 e. The van der Waals surface area contributed by atoms with Crippen LogP contribution in [0.1, 0.15) is 23.7 Å². The van der Waals surface area contributed by atoms with Crippen molar-refractivity contribution < 1.29 is 4.79 Å². The van der Waals surface area contributed by atoms with Gasteiger partial charge in [-0.05, 0) is 68.9 Å². The number of amides is 1. The molecule has 4 N–H and O–H groups in total. The summed E-state index contributed by atoms with van der Waals surface area (Å²) in [6.45, 7) is 6.51. The molecule has 0 saturated carbocycles. The van der Waals surface area contributed by atoms with Gasteiger partial charge in [0.15, 0.2) is 0 Å². The van der Waals surface area contributed by atoms with Crippen molar-refractivity contribution in [3.63, 3.8) is 0 Å². The van der Waals surface area contributed by atoms with Gasteiger partial charge in [-0.3, -0.25) is 19.6 Å². The highest BCUT2D eigenvalue weighted by Crippen LogP contribution is 2.26. The summed E-state index contributed by atoms with van der Waals surface area (Å²) in [5.41, 5.74) is 5.92. The van der Waals surface area contributed by atoms with Gasteiger partial charge in [-0.1, -0.05) is 23.7 Å². The Kier molecular flexibility index (Phi) is 7.83. The van der Waals surface area contributed by atoms with Crippen molar-refractivity contribution >= 4 is 35.0 Å². The Hall–Kier alpha value is -3.92. The highest BCUT2D eigenvalue weighted by molar-refractivity contribution is 6.33. The van der Waals surface area contributed by atoms with Crippen LogP contribution >= 0.6 is 11.6 Å². The molecular weight excluding hydrogens is 514 g/mol. The number of carbonyl (C=O) groups excluding carboxylic acids is 1. The minimum atomic E-state index is -0.455. The van der Waals surface area contributed by atoms with Crippen molar-refractivity contribution in [2.24, 2.45) is 10.8 Å². The molecule has 2 aromatic carbocycles. The van der Waals surface area contributed by atoms with Crippen LogP contribution in [0, 0.1) is 0 Å². The number of carbonyl (C=O) groups is 1. The molecule has 39 heavy (non-hydrogen) atoms. The number of piperazine rings is 1. The summed E-state index contributed by atoms with van der Waals surface area (Å²) in [7, 11) is 2.15. The average Bonchev–Trinajstić information content (AvgIpc) is 3.15. The Morgan fingerprint density at radius 1 is 1.03 bits per heavy atom. The third kappa shape index (κ3) is 5.61. The van der Waals surface area contributed by atoms with E-state index in [0.717, 1.165) is 37.1 Å². The van der Waals surface area contributed by atoms with Crippen LogP contribution in [-0.2, 0) is 6.54 Å². The number of anilines is 2. The van der Waals surface area contributed by atoms with Crippen LogP contribution in [0.5, 0.6) is 0 Å². The molecular formula is C29H32ClN7O2. The number of rotatable bonds is 6. The Morgan fingerprint density at radius 2 is 1.77 bits per heavy atom. The molecule has 2 aliphatic heterocycles. The number of hydrogen-bond donors (Lipinski definition) is 3. The lowest BCUT2D eigenvalue weighted by Crippen LogP contribution is -2.44. The molecule has 5 rings (SSSR count). The summed E-state index contributed by atoms with van der Waals surface area (Å²) >= 11 is 6.50. The maximum absolute atomic E-state index is 13.6. The molecule has 0 aliphatic carbocycles. The fourth-order valence-corrected chi connectivity index (χ4v) is 5.19. The van der Waals surface area contributed by atoms with Crippen LogP contribution < -0.4 is 37.8 Å². The fraction of sp³-hybridized carbons (Fsp3) is 0.276. The average molecular weight is 546 g/mol. The van der Waals surface area contributed by atoms with Gasteiger partial charge in [0, 0.05) is 71.0 Å². The van der Waals surface area contributed by atoms with E-state index in [2.05, 4.69) is 51.9 Å². The molecule has 0 spiro atoms. The molecule has 0 bridgehead atoms. The predicted molar refractivity (Wildman–Crippen MR) is 156 cm³/mol. The molecule has 0 radical (unpaired) electrons. The van der Waals surface area contributed by atoms with E-state index >= 15 is 0 Å². The van der Waals surface area contributed by atoms with Crippen molar-refractivity contribution in [1.82, 2.24) is 14.9 Å². The number of hydrogen-bond acceptors (Lipinski definition) is 7. The Morgan fingerprint density at radius 3 is 2.44 bits per heavy atom. The number of halogens is 1. The number of allylic oxidation sites excluding steroid dienone is 1. The lowest BCUT2D eigenvalue weighted by molar-refractivity contribution is 0.0953. The zero-order valence-electron chi connectivity index (χ0n) is 22.1. The summed E-state index contributed by atoms with van der Waals surface area (Å²) in [6, 6.07) is 15.0. The summed E-state index contributed by atoms with van der Waals surface area (Å²) in [4.78, 5) is 35.0. The molecule has 0 atom stereocenters. The summed E-state index contributed by atoms with van der Waals surface area (Å²) in [5.74, 6) is 5.46. The van der Waals surface area contributed by atoms with Crippen LogP contribution in [0.15, 0.2) is 70.2 Å². The molecule has 1 amide bonds. The Labute approximate surface area is 231 Å². The standard InChI is InChI=1S/C29H32ClN7O2/c1-3-37-27-19(17-24(29(37)39)23-12-7-20(18-25(23)30)28(38)34-31)5-4-6-26(33-27)32-21-8-10-22(11-9-21)36-15-13-35(2)14-16-36/h5-12,17-18,32H,3-4,13-16,31H2,1-2H3,(H,34,38). The van der Waals surface area contributed by atoms with E-state index in [0.29, 0.717) is 46.0 Å². The number of hydrazine groups is 1. The molecule has 9 nitrogen and oxygen atoms in total. The van der Waals surface area contributed by atoms with E-state index in [1.54, 1.807) is 16.7 Å². The summed E-state index contributed by atoms with van der Waals surface area (Å²) in [5, 5.41) is 4.54. The fourth-order valence-electron chi connectivity index (χ4n) is 4.90. The van der Waals surface area contributed by atoms with Gasteiger partial charge in [0.2, 0.25) is 0 Å². The van der Waals surface area contributed by atoms with Crippen molar-refractivity contribution in [1.29, 1.82) is 0 Å². The van der Waals surface area contributed by atoms with Crippen molar-refractivity contribution in [3.05, 3.63) is 92.1 Å². The number of nitrogens with zero attached hydrogens (tertiary/aromatic N) is 4. The van der Waals surface area contributed by atoms with E-state index in [1.807, 2.05) is 25.1 Å². The van der Waals surface area contributed by atoms with E-state index in [1.165, 1.54) is 11.8 Å². The lowest BCUT2D eigenvalue weighted by Gasteiger charge is -2.34. The zero-order valence-corrected chi connectivity index (χ0v) is 22.8. The number of nitrogens with two attached hydrogens (primary N) is 1. The van der Waals surface area contributed by atoms with Crippen molar-refractivity contribution in [3.8, 4) is 11.1 Å². The number of nitrogens with one attached hydrogen (secondary N) is 2. The molecule has 1 saturated heterocycles. The second-order valence-electron chi connectivity index (χ2n) is 9.66. The van der Waals surface area contributed by atoms with Crippen LogP contribution in [0.4, 0.5) is 11.4 Å². The van der Waals surface area contributed by atoms with Gasteiger partial charge in [0.05, 0.1) is 0 Å². The van der Waals surface area contributed by atoms with Gasteiger partial charge in [0.1, 0.15) is 11.3 Å². The van der Waals surface area contributed by atoms with Gasteiger partial charge >= 0.3 is 0 Å². The van der Waals surface area contributed by atoms with Crippen LogP contribution in [0.2, 0.25) is 5.02 Å². The molecule has 3 aromatic rings. The van der Waals surface area contributed by atoms with Gasteiger partial charge in [-0.15, -0.1) is 0 Å². The summed E-state index contributed by atoms with van der Waals surface area (Å²) in [6.07, 6.45) is 4.69. The quantitative estimate of drug-likeness (QED) is 0.249. The molecule has 1 fully saturated rings. The zero-order chi connectivity index (χ0) is 27.5. The first-order valence-electron chi connectivity index (χ1n) is 13.0. The third-order valence-electron chi connectivity index (χ3n) is 7.14. The third-order valence-corrected chi connectivity index (χ3v) is 7.45. The van der Waals surface area contributed by atoms with Crippen molar-refractivity contribution in [2.45, 2.75) is 19.9 Å². The van der Waals surface area contributed by atoms with E-state index in [-0.39, 0.29) is 5.56 Å². The number of likely N-dealkylation sites (N-methyl/N-ethyl adjacent to an activating group) is 1. The second kappa shape index (κ2) is 11.4. The van der Waals surface area contributed by atoms with Gasteiger partial charge in [-0.2, -0.15) is 0 Å². The smallest absolute Gasteiger partial charge is 0.265 e. The maximum atomic E-state index is 13.6. The SMILES string of the molecule is CCn1c(=O)c(-c2ccc(C(=O)NN)cc2Cl)cc2c1=NC(Nc1ccc(N3CCN(C)CC3)cc1)=CCC=2. The lowest BCUT2D eigenvalue weighted by atomic mass is 10.0. The minimum absolute atomic E-state index is 0.205. The molecule has 3 heterocycles. The second-order valence-corrected chi connectivity index (χ2v) is 10.1. The van der Waals surface area contributed by atoms with Crippen molar-refractivity contribution in [2.75, 3.05) is 43.4 Å².